The molecule has 0 aliphatic carbocycles. The van der Waals surface area contributed by atoms with Gasteiger partial charge in [-0.2, -0.15) is 4.98 Å². The Balaban J connectivity index is 2.29. The van der Waals surface area contributed by atoms with Gasteiger partial charge in [0.2, 0.25) is 5.88 Å². The van der Waals surface area contributed by atoms with Gasteiger partial charge in [-0.25, -0.2) is 4.98 Å². The topological polar surface area (TPSA) is 44.2 Å². The van der Waals surface area contributed by atoms with E-state index in [1.807, 2.05) is 25.1 Å². The summed E-state index contributed by atoms with van der Waals surface area (Å²) in [7, 11) is 1.63. The number of aromatic nitrogens is 2. The van der Waals surface area contributed by atoms with Gasteiger partial charge < -0.3 is 9.47 Å². The molecule has 0 unspecified atom stereocenters. The van der Waals surface area contributed by atoms with Gasteiger partial charge in [0, 0.05) is 12.5 Å². The van der Waals surface area contributed by atoms with Gasteiger partial charge in [-0.15, -0.1) is 0 Å². The molecule has 4 nitrogen and oxygen atoms in total. The average molecular weight is 337 g/mol. The van der Waals surface area contributed by atoms with Crippen LogP contribution in [0.2, 0.25) is 0 Å². The van der Waals surface area contributed by atoms with Crippen molar-refractivity contribution in [2.45, 2.75) is 26.7 Å². The zero-order valence-corrected chi connectivity index (χ0v) is 13.4. The Morgan fingerprint density at radius 2 is 1.95 bits per heavy atom. The van der Waals surface area contributed by atoms with Gasteiger partial charge in [0.25, 0.3) is 0 Å². The Labute approximate surface area is 127 Å². The number of halogens is 1. The third-order valence-electron chi connectivity index (χ3n) is 2.72. The van der Waals surface area contributed by atoms with Crippen LogP contribution in [-0.4, -0.2) is 17.1 Å². The van der Waals surface area contributed by atoms with Crippen molar-refractivity contribution in [2.24, 2.45) is 0 Å². The Bertz CT molecular complexity index is 602. The van der Waals surface area contributed by atoms with Gasteiger partial charge in [-0.3, -0.25) is 0 Å². The first kappa shape index (κ1) is 14.8. The number of hydrogen-bond acceptors (Lipinski definition) is 4. The summed E-state index contributed by atoms with van der Waals surface area (Å²) in [6, 6.07) is 7.53. The monoisotopic (exact) mass is 336 g/mol. The molecule has 0 fully saturated rings. The molecule has 0 saturated heterocycles. The second-order valence-electron chi connectivity index (χ2n) is 4.45. The van der Waals surface area contributed by atoms with E-state index in [2.05, 4.69) is 32.8 Å². The molecule has 1 aromatic heterocycles. The van der Waals surface area contributed by atoms with E-state index >= 15 is 0 Å². The summed E-state index contributed by atoms with van der Waals surface area (Å²) in [4.78, 5) is 8.71. The fourth-order valence-electron chi connectivity index (χ4n) is 1.80. The third kappa shape index (κ3) is 3.70. The lowest BCUT2D eigenvalue weighted by Crippen LogP contribution is -1.99. The minimum Gasteiger partial charge on any atom is -0.493 e. The van der Waals surface area contributed by atoms with E-state index in [0.29, 0.717) is 17.4 Å². The van der Waals surface area contributed by atoms with Gasteiger partial charge >= 0.3 is 0 Å². The SMILES string of the molecule is CCCc1nc(Br)cc(Oc2ccc(C)cc2OC)n1. The van der Waals surface area contributed by atoms with Crippen molar-refractivity contribution in [1.82, 2.24) is 9.97 Å². The summed E-state index contributed by atoms with van der Waals surface area (Å²) < 4.78 is 11.9. The van der Waals surface area contributed by atoms with Crippen molar-refractivity contribution in [1.29, 1.82) is 0 Å². The van der Waals surface area contributed by atoms with Crippen molar-refractivity contribution in [3.63, 3.8) is 0 Å². The Morgan fingerprint density at radius 3 is 2.65 bits per heavy atom. The van der Waals surface area contributed by atoms with E-state index in [-0.39, 0.29) is 0 Å². The van der Waals surface area contributed by atoms with Crippen LogP contribution in [-0.2, 0) is 6.42 Å². The summed E-state index contributed by atoms with van der Waals surface area (Å²) in [5.74, 6) is 2.61. The van der Waals surface area contributed by atoms with Crippen LogP contribution >= 0.6 is 15.9 Å². The predicted molar refractivity (Wildman–Crippen MR) is 81.5 cm³/mol. The van der Waals surface area contributed by atoms with Crippen LogP contribution in [0.15, 0.2) is 28.9 Å². The summed E-state index contributed by atoms with van der Waals surface area (Å²) in [6.45, 7) is 4.10. The highest BCUT2D eigenvalue weighted by molar-refractivity contribution is 9.10. The quantitative estimate of drug-likeness (QED) is 0.763. The Hall–Kier alpha value is -1.62. The van der Waals surface area contributed by atoms with Crippen LogP contribution < -0.4 is 9.47 Å². The summed E-state index contributed by atoms with van der Waals surface area (Å²) in [6.07, 6.45) is 1.81. The molecule has 2 rings (SSSR count). The third-order valence-corrected chi connectivity index (χ3v) is 3.13. The van der Waals surface area contributed by atoms with E-state index in [0.717, 1.165) is 28.8 Å². The molecule has 0 aliphatic rings. The van der Waals surface area contributed by atoms with Crippen molar-refractivity contribution in [3.8, 4) is 17.4 Å². The molecule has 0 bridgehead atoms. The van der Waals surface area contributed by atoms with E-state index in [4.69, 9.17) is 9.47 Å². The molecule has 0 radical (unpaired) electrons. The number of methoxy groups -OCH3 is 1. The molecule has 106 valence electrons. The zero-order valence-electron chi connectivity index (χ0n) is 11.8. The van der Waals surface area contributed by atoms with Crippen LogP contribution in [0, 0.1) is 6.92 Å². The zero-order chi connectivity index (χ0) is 14.5. The molecule has 2 aromatic rings. The lowest BCUT2D eigenvalue weighted by Gasteiger charge is -2.11. The van der Waals surface area contributed by atoms with E-state index in [9.17, 15) is 0 Å². The molecule has 0 saturated carbocycles. The lowest BCUT2D eigenvalue weighted by molar-refractivity contribution is 0.372. The van der Waals surface area contributed by atoms with E-state index in [1.54, 1.807) is 13.2 Å². The van der Waals surface area contributed by atoms with Gasteiger partial charge in [0.05, 0.1) is 7.11 Å². The Kier molecular flexibility index (Phi) is 4.95. The first-order valence-corrected chi connectivity index (χ1v) is 7.27. The van der Waals surface area contributed by atoms with Gasteiger partial charge in [-0.05, 0) is 47.0 Å². The van der Waals surface area contributed by atoms with Crippen LogP contribution in [0.25, 0.3) is 0 Å². The fourth-order valence-corrected chi connectivity index (χ4v) is 2.20. The molecule has 0 N–H and O–H groups in total. The number of aryl methyl sites for hydroxylation is 2. The van der Waals surface area contributed by atoms with Crippen LogP contribution in [0.1, 0.15) is 24.7 Å². The van der Waals surface area contributed by atoms with Gasteiger partial charge in [0.1, 0.15) is 10.4 Å². The predicted octanol–water partition coefficient (Wildman–Crippen LogP) is 4.30. The van der Waals surface area contributed by atoms with Crippen LogP contribution in [0.3, 0.4) is 0 Å². The standard InChI is InChI=1S/C15H17BrN2O2/c1-4-5-14-17-13(16)9-15(18-14)20-11-7-6-10(2)8-12(11)19-3/h6-9H,4-5H2,1-3H3. The summed E-state index contributed by atoms with van der Waals surface area (Å²) in [5, 5.41) is 0. The van der Waals surface area contributed by atoms with Crippen LogP contribution in [0.5, 0.6) is 17.4 Å². The second kappa shape index (κ2) is 6.70. The van der Waals surface area contributed by atoms with E-state index < -0.39 is 0 Å². The van der Waals surface area contributed by atoms with Crippen molar-refractivity contribution in [2.75, 3.05) is 7.11 Å². The molecule has 20 heavy (non-hydrogen) atoms. The Morgan fingerprint density at radius 1 is 1.15 bits per heavy atom. The summed E-state index contributed by atoms with van der Waals surface area (Å²) in [5.41, 5.74) is 1.12. The number of rotatable bonds is 5. The molecular formula is C15H17BrN2O2. The van der Waals surface area contributed by atoms with Gasteiger partial charge in [-0.1, -0.05) is 13.0 Å². The highest BCUT2D eigenvalue weighted by Gasteiger charge is 2.09. The molecule has 0 spiro atoms. The maximum Gasteiger partial charge on any atom is 0.223 e. The smallest absolute Gasteiger partial charge is 0.223 e. The second-order valence-corrected chi connectivity index (χ2v) is 5.26. The highest BCUT2D eigenvalue weighted by atomic mass is 79.9. The highest BCUT2D eigenvalue weighted by Crippen LogP contribution is 2.32. The van der Waals surface area contributed by atoms with E-state index in [1.165, 1.54) is 0 Å². The number of nitrogens with zero attached hydrogens (tertiary/aromatic N) is 2. The fraction of sp³-hybridized carbons (Fsp3) is 0.333. The molecule has 5 heteroatoms. The molecule has 1 aromatic carbocycles. The first-order valence-electron chi connectivity index (χ1n) is 6.48. The number of hydrogen-bond donors (Lipinski definition) is 0. The minimum atomic E-state index is 0.512. The largest absolute Gasteiger partial charge is 0.493 e. The minimum absolute atomic E-state index is 0.512. The molecule has 1 heterocycles. The van der Waals surface area contributed by atoms with Gasteiger partial charge in [0.15, 0.2) is 11.5 Å². The summed E-state index contributed by atoms with van der Waals surface area (Å²) >= 11 is 3.38. The van der Waals surface area contributed by atoms with Crippen molar-refractivity contribution in [3.05, 3.63) is 40.3 Å². The first-order chi connectivity index (χ1) is 9.62. The average Bonchev–Trinajstić information content (AvgIpc) is 2.40. The number of benzene rings is 1. The molecular weight excluding hydrogens is 320 g/mol. The molecule has 0 aliphatic heterocycles. The maximum absolute atomic E-state index is 5.82. The molecule has 0 amide bonds. The maximum atomic E-state index is 5.82. The molecule has 0 atom stereocenters. The normalized spacial score (nSPS) is 10.4. The van der Waals surface area contributed by atoms with Crippen molar-refractivity contribution >= 4 is 15.9 Å². The van der Waals surface area contributed by atoms with Crippen molar-refractivity contribution < 1.29 is 9.47 Å². The lowest BCUT2D eigenvalue weighted by atomic mass is 10.2. The van der Waals surface area contributed by atoms with Crippen LogP contribution in [0.4, 0.5) is 0 Å². The number of ether oxygens (including phenoxy) is 2.